The largest absolute Gasteiger partial charge is 0.508 e. The Balaban J connectivity index is 2.23. The molecule has 1 atom stereocenters. The molecule has 2 aromatic carbocycles. The standard InChI is InChI=1S/C17H21NO3/c1-12(15-10-14(21-3)8-9-17(15)19)18-16-7-5-4-6-13(16)11-20-2/h4-10,12,18-19H,11H2,1-3H3. The molecule has 0 aliphatic heterocycles. The van der Waals surface area contributed by atoms with Gasteiger partial charge in [-0.15, -0.1) is 0 Å². The summed E-state index contributed by atoms with van der Waals surface area (Å²) in [5.41, 5.74) is 2.87. The van der Waals surface area contributed by atoms with Crippen LogP contribution in [0.5, 0.6) is 11.5 Å². The Labute approximate surface area is 125 Å². The summed E-state index contributed by atoms with van der Waals surface area (Å²) in [6.45, 7) is 2.54. The average Bonchev–Trinajstić information content (AvgIpc) is 2.50. The number of methoxy groups -OCH3 is 2. The zero-order valence-corrected chi connectivity index (χ0v) is 12.6. The van der Waals surface area contributed by atoms with Gasteiger partial charge in [0.2, 0.25) is 0 Å². The third-order valence-corrected chi connectivity index (χ3v) is 3.39. The van der Waals surface area contributed by atoms with E-state index in [1.54, 1.807) is 26.4 Å². The Kier molecular flexibility index (Phi) is 5.06. The van der Waals surface area contributed by atoms with E-state index in [9.17, 15) is 5.11 Å². The Morgan fingerprint density at radius 1 is 1.14 bits per heavy atom. The van der Waals surface area contributed by atoms with Crippen molar-refractivity contribution < 1.29 is 14.6 Å². The van der Waals surface area contributed by atoms with Crippen molar-refractivity contribution in [2.75, 3.05) is 19.5 Å². The number of nitrogens with one attached hydrogen (secondary N) is 1. The molecule has 0 spiro atoms. The Morgan fingerprint density at radius 2 is 1.90 bits per heavy atom. The first-order chi connectivity index (χ1) is 10.2. The maximum Gasteiger partial charge on any atom is 0.121 e. The number of hydrogen-bond donors (Lipinski definition) is 2. The van der Waals surface area contributed by atoms with Gasteiger partial charge >= 0.3 is 0 Å². The van der Waals surface area contributed by atoms with Crippen LogP contribution in [-0.4, -0.2) is 19.3 Å². The lowest BCUT2D eigenvalue weighted by molar-refractivity contribution is 0.185. The topological polar surface area (TPSA) is 50.7 Å². The predicted octanol–water partition coefficient (Wildman–Crippen LogP) is 3.72. The molecule has 112 valence electrons. The molecule has 0 amide bonds. The average molecular weight is 287 g/mol. The zero-order chi connectivity index (χ0) is 15.2. The summed E-state index contributed by atoms with van der Waals surface area (Å²) in [7, 11) is 3.29. The van der Waals surface area contributed by atoms with E-state index in [1.165, 1.54) is 0 Å². The fourth-order valence-electron chi connectivity index (χ4n) is 2.26. The van der Waals surface area contributed by atoms with Crippen LogP contribution >= 0.6 is 0 Å². The second kappa shape index (κ2) is 6.99. The smallest absolute Gasteiger partial charge is 0.121 e. The second-order valence-electron chi connectivity index (χ2n) is 4.88. The molecule has 0 aromatic heterocycles. The summed E-state index contributed by atoms with van der Waals surface area (Å²) in [6, 6.07) is 13.1. The Hall–Kier alpha value is -2.20. The van der Waals surface area contributed by atoms with Gasteiger partial charge < -0.3 is 19.9 Å². The normalized spacial score (nSPS) is 12.0. The van der Waals surface area contributed by atoms with Gasteiger partial charge in [-0.1, -0.05) is 18.2 Å². The predicted molar refractivity (Wildman–Crippen MR) is 83.9 cm³/mol. The Morgan fingerprint density at radius 3 is 2.62 bits per heavy atom. The van der Waals surface area contributed by atoms with Gasteiger partial charge in [0.1, 0.15) is 11.5 Å². The molecule has 2 rings (SSSR count). The molecule has 0 saturated carbocycles. The van der Waals surface area contributed by atoms with Crippen LogP contribution in [0.2, 0.25) is 0 Å². The third kappa shape index (κ3) is 3.67. The summed E-state index contributed by atoms with van der Waals surface area (Å²) >= 11 is 0. The molecular weight excluding hydrogens is 266 g/mol. The highest BCUT2D eigenvalue weighted by molar-refractivity contribution is 5.54. The van der Waals surface area contributed by atoms with Gasteiger partial charge in [-0.25, -0.2) is 0 Å². The van der Waals surface area contributed by atoms with E-state index in [-0.39, 0.29) is 11.8 Å². The molecule has 2 N–H and O–H groups in total. The van der Waals surface area contributed by atoms with Gasteiger partial charge in [0, 0.05) is 23.9 Å². The first-order valence-electron chi connectivity index (χ1n) is 6.86. The summed E-state index contributed by atoms with van der Waals surface area (Å²) < 4.78 is 10.4. The lowest BCUT2D eigenvalue weighted by Crippen LogP contribution is -2.09. The van der Waals surface area contributed by atoms with Crippen molar-refractivity contribution in [3.05, 3.63) is 53.6 Å². The molecule has 4 heteroatoms. The van der Waals surface area contributed by atoms with Crippen LogP contribution in [0.25, 0.3) is 0 Å². The van der Waals surface area contributed by atoms with Gasteiger partial charge in [0.15, 0.2) is 0 Å². The quantitative estimate of drug-likeness (QED) is 0.850. The van der Waals surface area contributed by atoms with Crippen molar-refractivity contribution in [2.45, 2.75) is 19.6 Å². The van der Waals surface area contributed by atoms with Crippen LogP contribution < -0.4 is 10.1 Å². The number of aromatic hydroxyl groups is 1. The van der Waals surface area contributed by atoms with Gasteiger partial charge in [0.05, 0.1) is 19.8 Å². The first kappa shape index (κ1) is 15.2. The van der Waals surface area contributed by atoms with E-state index in [0.717, 1.165) is 22.6 Å². The SMILES string of the molecule is COCc1ccccc1NC(C)c1cc(OC)ccc1O. The van der Waals surface area contributed by atoms with E-state index < -0.39 is 0 Å². The number of anilines is 1. The summed E-state index contributed by atoms with van der Waals surface area (Å²) in [5.74, 6) is 0.974. The minimum atomic E-state index is -0.0573. The summed E-state index contributed by atoms with van der Waals surface area (Å²) in [5, 5.41) is 13.4. The minimum Gasteiger partial charge on any atom is -0.508 e. The van der Waals surface area contributed by atoms with Crippen molar-refractivity contribution in [3.8, 4) is 11.5 Å². The summed E-state index contributed by atoms with van der Waals surface area (Å²) in [6.07, 6.45) is 0. The molecular formula is C17H21NO3. The van der Waals surface area contributed by atoms with Crippen LogP contribution in [-0.2, 0) is 11.3 Å². The molecule has 0 fully saturated rings. The van der Waals surface area contributed by atoms with Gasteiger partial charge in [-0.3, -0.25) is 0 Å². The molecule has 0 saturated heterocycles. The maximum absolute atomic E-state index is 10.0. The van der Waals surface area contributed by atoms with Crippen LogP contribution in [0.1, 0.15) is 24.1 Å². The van der Waals surface area contributed by atoms with E-state index in [2.05, 4.69) is 5.32 Å². The van der Waals surface area contributed by atoms with Crippen molar-refractivity contribution in [1.29, 1.82) is 0 Å². The highest BCUT2D eigenvalue weighted by Crippen LogP contribution is 2.31. The lowest BCUT2D eigenvalue weighted by Gasteiger charge is -2.19. The fraction of sp³-hybridized carbons (Fsp3) is 0.294. The van der Waals surface area contributed by atoms with E-state index in [4.69, 9.17) is 9.47 Å². The molecule has 21 heavy (non-hydrogen) atoms. The van der Waals surface area contributed by atoms with Crippen molar-refractivity contribution >= 4 is 5.69 Å². The minimum absolute atomic E-state index is 0.0573. The molecule has 0 aliphatic carbocycles. The zero-order valence-electron chi connectivity index (χ0n) is 12.6. The molecule has 1 unspecified atom stereocenters. The number of phenolic OH excluding ortho intramolecular Hbond substituents is 1. The van der Waals surface area contributed by atoms with Crippen LogP contribution in [0.4, 0.5) is 5.69 Å². The molecule has 4 nitrogen and oxygen atoms in total. The lowest BCUT2D eigenvalue weighted by atomic mass is 10.1. The third-order valence-electron chi connectivity index (χ3n) is 3.39. The van der Waals surface area contributed by atoms with Crippen molar-refractivity contribution in [2.24, 2.45) is 0 Å². The van der Waals surface area contributed by atoms with Gasteiger partial charge in [-0.05, 0) is 31.2 Å². The second-order valence-corrected chi connectivity index (χ2v) is 4.88. The number of para-hydroxylation sites is 1. The summed E-state index contributed by atoms with van der Waals surface area (Å²) in [4.78, 5) is 0. The van der Waals surface area contributed by atoms with Crippen molar-refractivity contribution in [1.82, 2.24) is 0 Å². The van der Waals surface area contributed by atoms with Gasteiger partial charge in [-0.2, -0.15) is 0 Å². The fourth-order valence-corrected chi connectivity index (χ4v) is 2.26. The first-order valence-corrected chi connectivity index (χ1v) is 6.86. The molecule has 0 bridgehead atoms. The van der Waals surface area contributed by atoms with E-state index in [1.807, 2.05) is 37.3 Å². The molecule has 0 aliphatic rings. The number of hydrogen-bond acceptors (Lipinski definition) is 4. The van der Waals surface area contributed by atoms with Gasteiger partial charge in [0.25, 0.3) is 0 Å². The molecule has 2 aromatic rings. The number of phenols is 1. The van der Waals surface area contributed by atoms with E-state index >= 15 is 0 Å². The molecule has 0 heterocycles. The van der Waals surface area contributed by atoms with Crippen molar-refractivity contribution in [3.63, 3.8) is 0 Å². The van der Waals surface area contributed by atoms with E-state index in [0.29, 0.717) is 6.61 Å². The van der Waals surface area contributed by atoms with Crippen LogP contribution in [0.15, 0.2) is 42.5 Å². The van der Waals surface area contributed by atoms with Crippen LogP contribution in [0, 0.1) is 0 Å². The maximum atomic E-state index is 10.0. The number of benzene rings is 2. The highest BCUT2D eigenvalue weighted by Gasteiger charge is 2.13. The number of ether oxygens (including phenoxy) is 2. The highest BCUT2D eigenvalue weighted by atomic mass is 16.5. The van der Waals surface area contributed by atoms with Crippen LogP contribution in [0.3, 0.4) is 0 Å². The molecule has 0 radical (unpaired) electrons. The monoisotopic (exact) mass is 287 g/mol. The Bertz CT molecular complexity index is 598. The number of rotatable bonds is 6.